The van der Waals surface area contributed by atoms with Gasteiger partial charge in [0.2, 0.25) is 5.91 Å². The first kappa shape index (κ1) is 14.1. The molecular formula is C17H21NO3. The van der Waals surface area contributed by atoms with E-state index in [0.717, 1.165) is 6.42 Å². The number of hydrogen-bond acceptors (Lipinski definition) is 2. The zero-order valence-electron chi connectivity index (χ0n) is 12.5. The molecule has 1 heterocycles. The molecule has 1 amide bonds. The SMILES string of the molecule is Cc1ccccc1C1CC1C(=O)N1CCC(C)(C(=O)O)C1. The fourth-order valence-electron chi connectivity index (χ4n) is 3.37. The lowest BCUT2D eigenvalue weighted by Gasteiger charge is -2.20. The smallest absolute Gasteiger partial charge is 0.311 e. The lowest BCUT2D eigenvalue weighted by molar-refractivity contribution is -0.147. The van der Waals surface area contributed by atoms with Gasteiger partial charge in [0.25, 0.3) is 0 Å². The molecule has 1 aliphatic carbocycles. The first-order chi connectivity index (χ1) is 9.92. The van der Waals surface area contributed by atoms with Gasteiger partial charge in [-0.3, -0.25) is 9.59 Å². The summed E-state index contributed by atoms with van der Waals surface area (Å²) in [5, 5.41) is 9.25. The number of carboxylic acid groups (broad SMARTS) is 1. The average molecular weight is 287 g/mol. The number of carbonyl (C=O) groups is 2. The molecule has 1 saturated carbocycles. The highest BCUT2D eigenvalue weighted by molar-refractivity contribution is 5.85. The molecule has 21 heavy (non-hydrogen) atoms. The summed E-state index contributed by atoms with van der Waals surface area (Å²) in [6.07, 6.45) is 1.44. The van der Waals surface area contributed by atoms with Crippen LogP contribution in [0.1, 0.15) is 36.8 Å². The number of nitrogens with zero attached hydrogens (tertiary/aromatic N) is 1. The lowest BCUT2D eigenvalue weighted by Crippen LogP contribution is -2.35. The monoisotopic (exact) mass is 287 g/mol. The van der Waals surface area contributed by atoms with E-state index in [1.807, 2.05) is 12.1 Å². The summed E-state index contributed by atoms with van der Waals surface area (Å²) < 4.78 is 0. The van der Waals surface area contributed by atoms with Crippen molar-refractivity contribution >= 4 is 11.9 Å². The molecule has 4 nitrogen and oxygen atoms in total. The summed E-state index contributed by atoms with van der Waals surface area (Å²) in [4.78, 5) is 25.6. The van der Waals surface area contributed by atoms with Gasteiger partial charge >= 0.3 is 5.97 Å². The highest BCUT2D eigenvalue weighted by Crippen LogP contribution is 2.50. The topological polar surface area (TPSA) is 57.6 Å². The Kier molecular flexibility index (Phi) is 3.27. The van der Waals surface area contributed by atoms with Gasteiger partial charge in [-0.2, -0.15) is 0 Å². The van der Waals surface area contributed by atoms with E-state index in [1.165, 1.54) is 11.1 Å². The van der Waals surface area contributed by atoms with E-state index in [9.17, 15) is 14.7 Å². The minimum atomic E-state index is -0.802. The number of aryl methyl sites for hydroxylation is 1. The van der Waals surface area contributed by atoms with Crippen LogP contribution in [0.15, 0.2) is 24.3 Å². The Morgan fingerprint density at radius 2 is 2.05 bits per heavy atom. The molecule has 0 bridgehead atoms. The second kappa shape index (κ2) is 4.86. The van der Waals surface area contributed by atoms with Crippen LogP contribution in [0.5, 0.6) is 0 Å². The number of rotatable bonds is 3. The maximum Gasteiger partial charge on any atom is 0.311 e. The predicted molar refractivity (Wildman–Crippen MR) is 79.0 cm³/mol. The quantitative estimate of drug-likeness (QED) is 0.929. The third-order valence-corrected chi connectivity index (χ3v) is 5.00. The zero-order chi connectivity index (χ0) is 15.2. The molecular weight excluding hydrogens is 266 g/mol. The number of aliphatic carboxylic acids is 1. The fourth-order valence-corrected chi connectivity index (χ4v) is 3.37. The number of benzene rings is 1. The standard InChI is InChI=1S/C17H21NO3/c1-11-5-3-4-6-12(11)13-9-14(13)15(19)18-8-7-17(2,10-18)16(20)21/h3-6,13-14H,7-10H2,1-2H3,(H,20,21). The van der Waals surface area contributed by atoms with Crippen LogP contribution in [-0.4, -0.2) is 35.0 Å². The molecule has 3 rings (SSSR count). The number of amides is 1. The summed E-state index contributed by atoms with van der Waals surface area (Å²) in [7, 11) is 0. The molecule has 2 fully saturated rings. The van der Waals surface area contributed by atoms with E-state index >= 15 is 0 Å². The Balaban J connectivity index is 1.67. The van der Waals surface area contributed by atoms with E-state index in [4.69, 9.17) is 0 Å². The molecule has 4 heteroatoms. The van der Waals surface area contributed by atoms with Crippen LogP contribution < -0.4 is 0 Å². The van der Waals surface area contributed by atoms with Crippen LogP contribution in [-0.2, 0) is 9.59 Å². The average Bonchev–Trinajstić information content (AvgIpc) is 3.13. The first-order valence-corrected chi connectivity index (χ1v) is 7.50. The predicted octanol–water partition coefficient (Wildman–Crippen LogP) is 2.42. The molecule has 1 aromatic rings. The fraction of sp³-hybridized carbons (Fsp3) is 0.529. The van der Waals surface area contributed by atoms with Gasteiger partial charge in [0.05, 0.1) is 5.41 Å². The van der Waals surface area contributed by atoms with Crippen molar-refractivity contribution in [1.29, 1.82) is 0 Å². The van der Waals surface area contributed by atoms with Crippen LogP contribution in [0.3, 0.4) is 0 Å². The van der Waals surface area contributed by atoms with Gasteiger partial charge in [0.1, 0.15) is 0 Å². The van der Waals surface area contributed by atoms with E-state index in [-0.39, 0.29) is 11.8 Å². The summed E-state index contributed by atoms with van der Waals surface area (Å²) in [6, 6.07) is 8.20. The molecule has 1 aliphatic heterocycles. The molecule has 0 aromatic heterocycles. The Bertz CT molecular complexity index is 597. The summed E-state index contributed by atoms with van der Waals surface area (Å²) in [5.74, 6) is -0.310. The third kappa shape index (κ3) is 2.43. The van der Waals surface area contributed by atoms with Crippen molar-refractivity contribution in [2.45, 2.75) is 32.6 Å². The largest absolute Gasteiger partial charge is 0.481 e. The van der Waals surface area contributed by atoms with Gasteiger partial charge in [-0.25, -0.2) is 0 Å². The normalized spacial score (nSPS) is 31.2. The van der Waals surface area contributed by atoms with Crippen LogP contribution in [0.4, 0.5) is 0 Å². The van der Waals surface area contributed by atoms with Crippen molar-refractivity contribution in [2.24, 2.45) is 11.3 Å². The minimum absolute atomic E-state index is 0.0437. The number of likely N-dealkylation sites (tertiary alicyclic amines) is 1. The van der Waals surface area contributed by atoms with Gasteiger partial charge in [-0.05, 0) is 43.7 Å². The van der Waals surface area contributed by atoms with Crippen molar-refractivity contribution in [2.75, 3.05) is 13.1 Å². The highest BCUT2D eigenvalue weighted by atomic mass is 16.4. The van der Waals surface area contributed by atoms with E-state index in [1.54, 1.807) is 11.8 Å². The summed E-state index contributed by atoms with van der Waals surface area (Å²) in [6.45, 7) is 4.72. The molecule has 1 N–H and O–H groups in total. The van der Waals surface area contributed by atoms with Crippen molar-refractivity contribution in [3.63, 3.8) is 0 Å². The number of carbonyl (C=O) groups excluding carboxylic acids is 1. The van der Waals surface area contributed by atoms with Crippen LogP contribution in [0, 0.1) is 18.3 Å². The van der Waals surface area contributed by atoms with Crippen LogP contribution in [0.2, 0.25) is 0 Å². The van der Waals surface area contributed by atoms with Gasteiger partial charge < -0.3 is 10.0 Å². The molecule has 1 saturated heterocycles. The Hall–Kier alpha value is -1.84. The second-order valence-corrected chi connectivity index (χ2v) is 6.68. The number of carboxylic acids is 1. The highest BCUT2D eigenvalue weighted by Gasteiger charge is 2.50. The van der Waals surface area contributed by atoms with Crippen LogP contribution in [0.25, 0.3) is 0 Å². The Labute approximate surface area is 124 Å². The van der Waals surface area contributed by atoms with E-state index in [0.29, 0.717) is 25.4 Å². The Morgan fingerprint density at radius 3 is 2.67 bits per heavy atom. The van der Waals surface area contributed by atoms with Crippen molar-refractivity contribution in [3.05, 3.63) is 35.4 Å². The molecule has 0 radical (unpaired) electrons. The molecule has 3 unspecified atom stereocenters. The molecule has 0 spiro atoms. The number of hydrogen-bond donors (Lipinski definition) is 1. The van der Waals surface area contributed by atoms with Gasteiger partial charge in [0.15, 0.2) is 0 Å². The van der Waals surface area contributed by atoms with Crippen molar-refractivity contribution in [3.8, 4) is 0 Å². The van der Waals surface area contributed by atoms with Gasteiger partial charge in [0, 0.05) is 19.0 Å². The molecule has 112 valence electrons. The Morgan fingerprint density at radius 1 is 1.33 bits per heavy atom. The first-order valence-electron chi connectivity index (χ1n) is 7.50. The van der Waals surface area contributed by atoms with Crippen LogP contribution >= 0.6 is 0 Å². The van der Waals surface area contributed by atoms with E-state index in [2.05, 4.69) is 19.1 Å². The maximum absolute atomic E-state index is 12.5. The molecule has 3 atom stereocenters. The summed E-state index contributed by atoms with van der Waals surface area (Å²) >= 11 is 0. The van der Waals surface area contributed by atoms with Gasteiger partial charge in [-0.15, -0.1) is 0 Å². The zero-order valence-corrected chi connectivity index (χ0v) is 12.5. The lowest BCUT2D eigenvalue weighted by atomic mass is 9.90. The second-order valence-electron chi connectivity index (χ2n) is 6.68. The van der Waals surface area contributed by atoms with Crippen molar-refractivity contribution < 1.29 is 14.7 Å². The summed E-state index contributed by atoms with van der Waals surface area (Å²) in [5.41, 5.74) is 1.72. The van der Waals surface area contributed by atoms with Crippen molar-refractivity contribution in [1.82, 2.24) is 4.90 Å². The molecule has 2 aliphatic rings. The van der Waals surface area contributed by atoms with Gasteiger partial charge in [-0.1, -0.05) is 24.3 Å². The minimum Gasteiger partial charge on any atom is -0.481 e. The van der Waals surface area contributed by atoms with E-state index < -0.39 is 11.4 Å². The maximum atomic E-state index is 12.5. The third-order valence-electron chi connectivity index (χ3n) is 5.00. The molecule has 1 aromatic carbocycles.